The first-order valence-electron chi connectivity index (χ1n) is 9.32. The maximum atomic E-state index is 11.0. The van der Waals surface area contributed by atoms with Crippen molar-refractivity contribution in [2.45, 2.75) is 37.8 Å². The molecule has 2 aliphatic heterocycles. The van der Waals surface area contributed by atoms with Crippen molar-refractivity contribution >= 4 is 0 Å². The average molecular weight is 351 g/mol. The first-order valence-corrected chi connectivity index (χ1v) is 9.32. The predicted octanol–water partition coefficient (Wildman–Crippen LogP) is 4.02. The Kier molecular flexibility index (Phi) is 4.96. The van der Waals surface area contributed by atoms with Gasteiger partial charge < -0.3 is 14.6 Å². The molecule has 1 aromatic rings. The van der Waals surface area contributed by atoms with Gasteiger partial charge in [0, 0.05) is 19.6 Å². The van der Waals surface area contributed by atoms with Crippen LogP contribution in [0.1, 0.15) is 31.2 Å². The molecular weight excluding hydrogens is 326 g/mol. The fourth-order valence-electron chi connectivity index (χ4n) is 3.64. The zero-order chi connectivity index (χ0) is 17.8. The summed E-state index contributed by atoms with van der Waals surface area (Å²) in [5.74, 6) is 1.26. The van der Waals surface area contributed by atoms with Gasteiger partial charge >= 0.3 is 0 Å². The van der Waals surface area contributed by atoms with E-state index in [2.05, 4.69) is 35.2 Å². The molecule has 2 heterocycles. The number of piperidine rings is 1. The van der Waals surface area contributed by atoms with Gasteiger partial charge in [0.1, 0.15) is 18.1 Å². The lowest BCUT2D eigenvalue weighted by Crippen LogP contribution is -2.45. The van der Waals surface area contributed by atoms with Crippen molar-refractivity contribution in [2.24, 2.45) is 0 Å². The molecule has 0 unspecified atom stereocenters. The van der Waals surface area contributed by atoms with Crippen LogP contribution in [0.3, 0.4) is 0 Å². The van der Waals surface area contributed by atoms with Gasteiger partial charge in [-0.15, -0.1) is 0 Å². The molecule has 1 aromatic carbocycles. The Labute approximate surface area is 154 Å². The van der Waals surface area contributed by atoms with Crippen LogP contribution in [0.4, 0.5) is 0 Å². The number of rotatable bonds is 4. The van der Waals surface area contributed by atoms with Crippen molar-refractivity contribution in [3.63, 3.8) is 0 Å². The fourth-order valence-corrected chi connectivity index (χ4v) is 3.64. The largest absolute Gasteiger partial charge is 0.459 e. The second-order valence-electron chi connectivity index (χ2n) is 7.15. The number of nitrogens with zero attached hydrogens (tertiary/aromatic N) is 1. The summed E-state index contributed by atoms with van der Waals surface area (Å²) in [5, 5.41) is 11.0. The molecule has 1 N–H and O–H groups in total. The van der Waals surface area contributed by atoms with Crippen LogP contribution in [-0.2, 0) is 16.0 Å². The molecule has 1 fully saturated rings. The Balaban J connectivity index is 1.34. The molecule has 4 rings (SSSR count). The topological polar surface area (TPSA) is 41.9 Å². The average Bonchev–Trinajstić information content (AvgIpc) is 2.71. The van der Waals surface area contributed by atoms with Crippen molar-refractivity contribution < 1.29 is 14.6 Å². The van der Waals surface area contributed by atoms with E-state index in [-0.39, 0.29) is 0 Å². The van der Waals surface area contributed by atoms with Crippen LogP contribution in [0.2, 0.25) is 0 Å². The summed E-state index contributed by atoms with van der Waals surface area (Å²) < 4.78 is 11.5. The number of benzene rings is 1. The minimum absolute atomic E-state index is 0.521. The van der Waals surface area contributed by atoms with Gasteiger partial charge in [-0.3, -0.25) is 4.90 Å². The highest BCUT2D eigenvalue weighted by atomic mass is 16.6. The summed E-state index contributed by atoms with van der Waals surface area (Å²) in [7, 11) is 0. The smallest absolute Gasteiger partial charge is 0.170 e. The molecular formula is C22H25NO3. The molecule has 0 amide bonds. The van der Waals surface area contributed by atoms with E-state index in [0.29, 0.717) is 18.6 Å². The highest BCUT2D eigenvalue weighted by Crippen LogP contribution is 2.34. The quantitative estimate of drug-likeness (QED) is 0.890. The van der Waals surface area contributed by atoms with E-state index >= 15 is 0 Å². The number of aliphatic hydroxyl groups is 1. The lowest BCUT2D eigenvalue weighted by Gasteiger charge is -2.39. The molecule has 136 valence electrons. The number of hydrogen-bond donors (Lipinski definition) is 1. The number of ether oxygens (including phenoxy) is 2. The predicted molar refractivity (Wildman–Crippen MR) is 101 cm³/mol. The molecule has 0 radical (unpaired) electrons. The van der Waals surface area contributed by atoms with Crippen LogP contribution >= 0.6 is 0 Å². The number of hydrogen-bond acceptors (Lipinski definition) is 4. The second-order valence-corrected chi connectivity index (χ2v) is 7.15. The SMILES string of the molecule is OC1(C2=COC(C3=CC=CCC3)=CO2)CCN(Cc2ccccc2)CC1. The molecule has 4 nitrogen and oxygen atoms in total. The van der Waals surface area contributed by atoms with Gasteiger partial charge in [-0.1, -0.05) is 48.6 Å². The first-order chi connectivity index (χ1) is 12.7. The van der Waals surface area contributed by atoms with E-state index in [9.17, 15) is 5.11 Å². The van der Waals surface area contributed by atoms with Crippen LogP contribution < -0.4 is 0 Å². The van der Waals surface area contributed by atoms with Crippen LogP contribution in [-0.4, -0.2) is 28.7 Å². The van der Waals surface area contributed by atoms with Crippen molar-refractivity contribution in [2.75, 3.05) is 13.1 Å². The summed E-state index contributed by atoms with van der Waals surface area (Å²) >= 11 is 0. The molecule has 0 bridgehead atoms. The molecule has 0 spiro atoms. The van der Waals surface area contributed by atoms with Crippen LogP contribution in [0.5, 0.6) is 0 Å². The zero-order valence-electron chi connectivity index (χ0n) is 14.9. The van der Waals surface area contributed by atoms with Gasteiger partial charge in [-0.05, 0) is 36.8 Å². The molecule has 1 aliphatic carbocycles. The summed E-state index contributed by atoms with van der Waals surface area (Å²) in [6.45, 7) is 2.58. The Morgan fingerprint density at radius 3 is 2.50 bits per heavy atom. The van der Waals surface area contributed by atoms with Gasteiger partial charge in [0.2, 0.25) is 0 Å². The third kappa shape index (κ3) is 3.76. The highest BCUT2D eigenvalue weighted by Gasteiger charge is 2.39. The second kappa shape index (κ2) is 7.52. The lowest BCUT2D eigenvalue weighted by molar-refractivity contribution is -0.0318. The molecule has 0 saturated carbocycles. The Morgan fingerprint density at radius 1 is 1.04 bits per heavy atom. The molecule has 3 aliphatic rings. The van der Waals surface area contributed by atoms with Gasteiger partial charge in [0.25, 0.3) is 0 Å². The van der Waals surface area contributed by atoms with Crippen LogP contribution in [0, 0.1) is 0 Å². The van der Waals surface area contributed by atoms with E-state index in [1.54, 1.807) is 12.5 Å². The maximum absolute atomic E-state index is 11.0. The van der Waals surface area contributed by atoms with E-state index < -0.39 is 5.60 Å². The van der Waals surface area contributed by atoms with Crippen LogP contribution in [0.15, 0.2) is 78.2 Å². The molecule has 1 saturated heterocycles. The first kappa shape index (κ1) is 17.1. The number of allylic oxidation sites excluding steroid dienone is 4. The van der Waals surface area contributed by atoms with Crippen molar-refractivity contribution in [3.05, 3.63) is 83.7 Å². The Bertz CT molecular complexity index is 753. The van der Waals surface area contributed by atoms with Gasteiger partial charge in [0.15, 0.2) is 11.5 Å². The summed E-state index contributed by atoms with van der Waals surface area (Å²) in [4.78, 5) is 2.37. The summed E-state index contributed by atoms with van der Waals surface area (Å²) in [5.41, 5.74) is 1.49. The minimum atomic E-state index is -0.948. The molecule has 0 aromatic heterocycles. The van der Waals surface area contributed by atoms with Gasteiger partial charge in [0.05, 0.1) is 0 Å². The third-order valence-corrected chi connectivity index (χ3v) is 5.31. The van der Waals surface area contributed by atoms with E-state index in [1.165, 1.54) is 5.56 Å². The lowest BCUT2D eigenvalue weighted by atomic mass is 9.89. The van der Waals surface area contributed by atoms with E-state index in [1.807, 2.05) is 18.2 Å². The molecule has 26 heavy (non-hydrogen) atoms. The van der Waals surface area contributed by atoms with Crippen molar-refractivity contribution in [1.82, 2.24) is 4.90 Å². The minimum Gasteiger partial charge on any atom is -0.459 e. The maximum Gasteiger partial charge on any atom is 0.170 e. The van der Waals surface area contributed by atoms with Crippen molar-refractivity contribution in [3.8, 4) is 0 Å². The zero-order valence-corrected chi connectivity index (χ0v) is 14.9. The summed E-state index contributed by atoms with van der Waals surface area (Å²) in [6, 6.07) is 10.4. The van der Waals surface area contributed by atoms with E-state index in [4.69, 9.17) is 9.47 Å². The number of likely N-dealkylation sites (tertiary alicyclic amines) is 1. The normalized spacial score (nSPS) is 22.6. The molecule has 0 atom stereocenters. The Hall–Kier alpha value is -2.30. The van der Waals surface area contributed by atoms with Gasteiger partial charge in [-0.2, -0.15) is 0 Å². The van der Waals surface area contributed by atoms with Gasteiger partial charge in [-0.25, -0.2) is 0 Å². The van der Waals surface area contributed by atoms with Crippen LogP contribution in [0.25, 0.3) is 0 Å². The fraction of sp³-hybridized carbons (Fsp3) is 0.364. The monoisotopic (exact) mass is 351 g/mol. The summed E-state index contributed by atoms with van der Waals surface area (Å²) in [6.07, 6.45) is 12.7. The Morgan fingerprint density at radius 2 is 1.85 bits per heavy atom. The van der Waals surface area contributed by atoms with Crippen molar-refractivity contribution in [1.29, 1.82) is 0 Å². The highest BCUT2D eigenvalue weighted by molar-refractivity contribution is 5.33. The standard InChI is InChI=1S/C22H25NO3/c24-22(11-13-23(14-12-22)15-18-7-3-1-4-8-18)21-17-25-20(16-26-21)19-9-5-2-6-10-19/h1-5,7-9,16-17,24H,6,10-15H2. The molecule has 4 heteroatoms. The third-order valence-electron chi connectivity index (χ3n) is 5.31. The van der Waals surface area contributed by atoms with E-state index in [0.717, 1.165) is 43.8 Å².